The van der Waals surface area contributed by atoms with Crippen molar-refractivity contribution >= 4 is 5.91 Å². The van der Waals surface area contributed by atoms with Crippen LogP contribution in [0, 0.1) is 5.92 Å². The van der Waals surface area contributed by atoms with Crippen molar-refractivity contribution in [1.29, 1.82) is 0 Å². The van der Waals surface area contributed by atoms with E-state index in [2.05, 4.69) is 11.8 Å². The number of amides is 1. The quantitative estimate of drug-likeness (QED) is 0.628. The molecule has 0 aromatic carbocycles. The monoisotopic (exact) mass is 170 g/mol. The number of primary amides is 1. The fraction of sp³-hybridized carbons (Fsp3) is 0.667. The van der Waals surface area contributed by atoms with Crippen LogP contribution in [0.5, 0.6) is 0 Å². The van der Waals surface area contributed by atoms with Crippen molar-refractivity contribution in [2.45, 2.75) is 13.8 Å². The van der Waals surface area contributed by atoms with E-state index in [4.69, 9.17) is 5.73 Å². The molecule has 0 aromatic heterocycles. The Hall–Kier alpha value is -0.830. The lowest BCUT2D eigenvalue weighted by atomic mass is 10.1. The summed E-state index contributed by atoms with van der Waals surface area (Å²) in [4.78, 5) is 12.7. The number of carbonyl (C=O) groups is 1. The molecular formula is C9H18N2O. The molecule has 70 valence electrons. The minimum atomic E-state index is -0.333. The van der Waals surface area contributed by atoms with E-state index < -0.39 is 0 Å². The first-order chi connectivity index (χ1) is 5.43. The lowest BCUT2D eigenvalue weighted by Gasteiger charge is -2.13. The van der Waals surface area contributed by atoms with Crippen LogP contribution in [0.25, 0.3) is 0 Å². The molecule has 0 aliphatic rings. The molecule has 0 aliphatic heterocycles. The van der Waals surface area contributed by atoms with E-state index in [9.17, 15) is 4.79 Å². The van der Waals surface area contributed by atoms with Crippen LogP contribution in [0.1, 0.15) is 13.8 Å². The second-order valence-electron chi connectivity index (χ2n) is 3.45. The van der Waals surface area contributed by atoms with Crippen LogP contribution >= 0.6 is 0 Å². The summed E-state index contributed by atoms with van der Waals surface area (Å²) in [6.45, 7) is 4.74. The van der Waals surface area contributed by atoms with E-state index in [1.54, 1.807) is 6.92 Å². The Morgan fingerprint density at radius 3 is 2.42 bits per heavy atom. The van der Waals surface area contributed by atoms with Crippen LogP contribution < -0.4 is 5.73 Å². The van der Waals surface area contributed by atoms with E-state index >= 15 is 0 Å². The molecule has 1 unspecified atom stereocenters. The molecule has 1 amide bonds. The molecular weight excluding hydrogens is 152 g/mol. The topological polar surface area (TPSA) is 46.3 Å². The van der Waals surface area contributed by atoms with E-state index in [0.29, 0.717) is 11.5 Å². The Labute approximate surface area is 74.2 Å². The van der Waals surface area contributed by atoms with Gasteiger partial charge in [-0.25, -0.2) is 0 Å². The van der Waals surface area contributed by atoms with Gasteiger partial charge in [0, 0.05) is 12.1 Å². The Morgan fingerprint density at radius 2 is 2.08 bits per heavy atom. The molecule has 0 heterocycles. The average Bonchev–Trinajstić information content (AvgIpc) is 1.84. The molecule has 0 saturated carbocycles. The Morgan fingerprint density at radius 1 is 1.58 bits per heavy atom. The summed E-state index contributed by atoms with van der Waals surface area (Å²) < 4.78 is 0. The molecule has 0 fully saturated rings. The largest absolute Gasteiger partial charge is 0.366 e. The zero-order chi connectivity index (χ0) is 9.72. The fourth-order valence-corrected chi connectivity index (χ4v) is 1.14. The van der Waals surface area contributed by atoms with Crippen LogP contribution in [0.2, 0.25) is 0 Å². The highest BCUT2D eigenvalue weighted by atomic mass is 16.1. The van der Waals surface area contributed by atoms with Gasteiger partial charge in [-0.05, 0) is 26.9 Å². The van der Waals surface area contributed by atoms with E-state index in [-0.39, 0.29) is 5.91 Å². The number of nitrogens with zero attached hydrogens (tertiary/aromatic N) is 1. The minimum absolute atomic E-state index is 0.333. The van der Waals surface area contributed by atoms with Gasteiger partial charge in [0.25, 0.3) is 0 Å². The minimum Gasteiger partial charge on any atom is -0.366 e. The maximum absolute atomic E-state index is 10.7. The molecule has 0 saturated heterocycles. The third kappa shape index (κ3) is 4.91. The number of rotatable bonds is 4. The summed E-state index contributed by atoms with van der Waals surface area (Å²) in [7, 11) is 4.01. The second kappa shape index (κ2) is 4.93. The van der Waals surface area contributed by atoms with Gasteiger partial charge in [-0.1, -0.05) is 13.0 Å². The van der Waals surface area contributed by atoms with E-state index in [0.717, 1.165) is 6.54 Å². The van der Waals surface area contributed by atoms with Crippen molar-refractivity contribution in [1.82, 2.24) is 4.90 Å². The third-order valence-corrected chi connectivity index (χ3v) is 1.58. The standard InChI is InChI=1S/C9H18N2O/c1-7(6-11(3)4)5-8(2)9(10)12/h5,7H,6H2,1-4H3,(H2,10,12)/b8-5-. The molecule has 0 bridgehead atoms. The highest BCUT2D eigenvalue weighted by Gasteiger charge is 2.03. The van der Waals surface area contributed by atoms with Crippen LogP contribution in [-0.4, -0.2) is 31.4 Å². The Balaban J connectivity index is 4.05. The molecule has 0 aromatic rings. The van der Waals surface area contributed by atoms with Gasteiger partial charge >= 0.3 is 0 Å². The number of hydrogen-bond acceptors (Lipinski definition) is 2. The highest BCUT2D eigenvalue weighted by Crippen LogP contribution is 2.03. The first-order valence-corrected chi connectivity index (χ1v) is 4.06. The number of carbonyl (C=O) groups excluding carboxylic acids is 1. The molecule has 0 spiro atoms. The highest BCUT2D eigenvalue weighted by molar-refractivity contribution is 5.91. The fourth-order valence-electron chi connectivity index (χ4n) is 1.14. The Bertz CT molecular complexity index is 185. The van der Waals surface area contributed by atoms with Crippen LogP contribution in [0.15, 0.2) is 11.6 Å². The van der Waals surface area contributed by atoms with Crippen molar-refractivity contribution in [3.63, 3.8) is 0 Å². The molecule has 0 aliphatic carbocycles. The van der Waals surface area contributed by atoms with E-state index in [1.807, 2.05) is 20.2 Å². The third-order valence-electron chi connectivity index (χ3n) is 1.58. The van der Waals surface area contributed by atoms with Gasteiger partial charge in [0.05, 0.1) is 0 Å². The molecule has 3 heteroatoms. The zero-order valence-electron chi connectivity index (χ0n) is 8.29. The Kier molecular flexibility index (Phi) is 4.59. The second-order valence-corrected chi connectivity index (χ2v) is 3.45. The van der Waals surface area contributed by atoms with Gasteiger partial charge in [0.1, 0.15) is 0 Å². The van der Waals surface area contributed by atoms with Crippen LogP contribution in [0.3, 0.4) is 0 Å². The van der Waals surface area contributed by atoms with Crippen molar-refractivity contribution in [3.05, 3.63) is 11.6 Å². The first-order valence-electron chi connectivity index (χ1n) is 4.06. The van der Waals surface area contributed by atoms with Crippen molar-refractivity contribution in [2.75, 3.05) is 20.6 Å². The predicted octanol–water partition coefficient (Wildman–Crippen LogP) is 0.616. The van der Waals surface area contributed by atoms with Crippen molar-refractivity contribution in [2.24, 2.45) is 11.7 Å². The number of hydrogen-bond donors (Lipinski definition) is 1. The van der Waals surface area contributed by atoms with Crippen LogP contribution in [-0.2, 0) is 4.79 Å². The summed E-state index contributed by atoms with van der Waals surface area (Å²) >= 11 is 0. The van der Waals surface area contributed by atoms with Crippen molar-refractivity contribution < 1.29 is 4.79 Å². The normalized spacial score (nSPS) is 14.9. The molecule has 12 heavy (non-hydrogen) atoms. The first kappa shape index (κ1) is 11.2. The lowest BCUT2D eigenvalue weighted by molar-refractivity contribution is -0.114. The molecule has 2 N–H and O–H groups in total. The average molecular weight is 170 g/mol. The van der Waals surface area contributed by atoms with Gasteiger partial charge in [0.2, 0.25) is 5.91 Å². The summed E-state index contributed by atoms with van der Waals surface area (Å²) in [5, 5.41) is 0. The summed E-state index contributed by atoms with van der Waals surface area (Å²) in [6.07, 6.45) is 1.91. The van der Waals surface area contributed by atoms with Gasteiger partial charge in [-0.2, -0.15) is 0 Å². The summed E-state index contributed by atoms with van der Waals surface area (Å²) in [5.74, 6) is 0.0353. The predicted molar refractivity (Wildman–Crippen MR) is 50.7 cm³/mol. The zero-order valence-corrected chi connectivity index (χ0v) is 8.29. The van der Waals surface area contributed by atoms with Crippen LogP contribution in [0.4, 0.5) is 0 Å². The maximum atomic E-state index is 10.7. The van der Waals surface area contributed by atoms with Gasteiger partial charge in [-0.3, -0.25) is 4.79 Å². The van der Waals surface area contributed by atoms with Gasteiger partial charge in [-0.15, -0.1) is 0 Å². The molecule has 3 nitrogen and oxygen atoms in total. The van der Waals surface area contributed by atoms with Gasteiger partial charge < -0.3 is 10.6 Å². The molecule has 1 atom stereocenters. The molecule has 0 rings (SSSR count). The summed E-state index contributed by atoms with van der Waals surface area (Å²) in [6, 6.07) is 0. The lowest BCUT2D eigenvalue weighted by Crippen LogP contribution is -2.20. The molecule has 0 radical (unpaired) electrons. The SMILES string of the molecule is C/C(=C/C(C)CN(C)C)C(N)=O. The number of nitrogens with two attached hydrogens (primary N) is 1. The van der Waals surface area contributed by atoms with E-state index in [1.165, 1.54) is 0 Å². The maximum Gasteiger partial charge on any atom is 0.244 e. The van der Waals surface area contributed by atoms with Crippen molar-refractivity contribution in [3.8, 4) is 0 Å². The van der Waals surface area contributed by atoms with Gasteiger partial charge in [0.15, 0.2) is 0 Å². The smallest absolute Gasteiger partial charge is 0.244 e. The summed E-state index contributed by atoms with van der Waals surface area (Å²) in [5.41, 5.74) is 5.74.